The van der Waals surface area contributed by atoms with E-state index in [1.54, 1.807) is 6.92 Å². The average molecular weight is 408 g/mol. The molecule has 1 amide bonds. The average Bonchev–Trinajstić information content (AvgIpc) is 3.05. The molecule has 1 aromatic carbocycles. The van der Waals surface area contributed by atoms with E-state index in [-0.39, 0.29) is 24.2 Å². The number of aliphatic imine (C=N–C) groups is 1. The largest absolute Gasteiger partial charge is 0.452 e. The Bertz CT molecular complexity index is 1020. The molecule has 1 fully saturated rings. The smallest absolute Gasteiger partial charge is 0.315 e. The van der Waals surface area contributed by atoms with Crippen molar-refractivity contribution in [1.82, 2.24) is 4.98 Å². The number of hydrogen-bond acceptors (Lipinski definition) is 6. The second-order valence-corrected chi connectivity index (χ2v) is 7.45. The second kappa shape index (κ2) is 6.23. The zero-order valence-electron chi connectivity index (χ0n) is 15.8. The summed E-state index contributed by atoms with van der Waals surface area (Å²) in [5.74, 6) is -4.74. The third-order valence-electron chi connectivity index (χ3n) is 5.58. The number of rotatable bonds is 3. The molecule has 1 aliphatic heterocycles. The first-order valence-electron chi connectivity index (χ1n) is 9.04. The maximum atomic E-state index is 15.5. The van der Waals surface area contributed by atoms with Gasteiger partial charge < -0.3 is 20.2 Å². The molecule has 2 aliphatic rings. The number of nitrogens with two attached hydrogens (primary N) is 1. The predicted molar refractivity (Wildman–Crippen MR) is 97.2 cm³/mol. The quantitative estimate of drug-likeness (QED) is 0.809. The van der Waals surface area contributed by atoms with Gasteiger partial charge in [-0.05, 0) is 44.4 Å². The number of nitrogens with zero attached hydrogens (tertiary/aromatic N) is 2. The van der Waals surface area contributed by atoms with Gasteiger partial charge in [-0.25, -0.2) is 14.4 Å². The van der Waals surface area contributed by atoms with Crippen LogP contribution < -0.4 is 11.1 Å². The fraction of sp³-hybridized carbons (Fsp3) is 0.421. The number of carbonyl (C=O) groups is 1. The number of alkyl halides is 2. The summed E-state index contributed by atoms with van der Waals surface area (Å²) in [7, 11) is 0. The molecule has 1 unspecified atom stereocenters. The van der Waals surface area contributed by atoms with Crippen LogP contribution in [0.5, 0.6) is 0 Å². The van der Waals surface area contributed by atoms with Gasteiger partial charge in [0, 0.05) is 18.2 Å². The summed E-state index contributed by atoms with van der Waals surface area (Å²) in [5, 5.41) is 2.50. The molecule has 0 radical (unpaired) electrons. The SMILES string of the molecule is Cc1nc(C(=O)Nc2ccc(F)c(C3(C)N=C(N)OC4(CCC4)C3(F)F)c2)co1. The molecule has 1 saturated carbocycles. The molecule has 154 valence electrons. The number of aromatic nitrogens is 1. The lowest BCUT2D eigenvalue weighted by molar-refractivity contribution is -0.252. The molecule has 7 nitrogen and oxygen atoms in total. The molecule has 1 aromatic heterocycles. The Morgan fingerprint density at radius 2 is 2.03 bits per heavy atom. The minimum Gasteiger partial charge on any atom is -0.452 e. The highest BCUT2D eigenvalue weighted by atomic mass is 19.3. The van der Waals surface area contributed by atoms with Crippen LogP contribution in [0.2, 0.25) is 0 Å². The Labute approximate surface area is 164 Å². The Morgan fingerprint density at radius 1 is 1.31 bits per heavy atom. The number of amides is 1. The van der Waals surface area contributed by atoms with E-state index < -0.39 is 40.4 Å². The number of amidine groups is 1. The molecule has 29 heavy (non-hydrogen) atoms. The minimum atomic E-state index is -3.52. The van der Waals surface area contributed by atoms with Crippen molar-refractivity contribution < 1.29 is 27.1 Å². The van der Waals surface area contributed by atoms with Gasteiger partial charge in [-0.2, -0.15) is 8.78 Å². The minimum absolute atomic E-state index is 0.00618. The normalized spacial score (nSPS) is 24.4. The third kappa shape index (κ3) is 2.77. The fourth-order valence-electron chi connectivity index (χ4n) is 3.80. The summed E-state index contributed by atoms with van der Waals surface area (Å²) in [5.41, 5.74) is 1.29. The number of aryl methyl sites for hydroxylation is 1. The molecule has 0 bridgehead atoms. The first-order valence-corrected chi connectivity index (χ1v) is 9.04. The number of nitrogens with one attached hydrogen (secondary N) is 1. The van der Waals surface area contributed by atoms with E-state index in [2.05, 4.69) is 15.3 Å². The number of hydrogen-bond donors (Lipinski definition) is 2. The van der Waals surface area contributed by atoms with E-state index in [0.29, 0.717) is 12.3 Å². The molecule has 2 heterocycles. The zero-order chi connectivity index (χ0) is 21.0. The van der Waals surface area contributed by atoms with Crippen LogP contribution in [0.4, 0.5) is 18.9 Å². The Hall–Kier alpha value is -3.04. The number of anilines is 1. The lowest BCUT2D eigenvalue weighted by atomic mass is 9.66. The second-order valence-electron chi connectivity index (χ2n) is 7.45. The van der Waals surface area contributed by atoms with Crippen molar-refractivity contribution in [2.75, 3.05) is 5.32 Å². The van der Waals surface area contributed by atoms with Crippen LogP contribution in [0.3, 0.4) is 0 Å². The molecule has 1 spiro atoms. The van der Waals surface area contributed by atoms with Crippen molar-refractivity contribution in [3.8, 4) is 0 Å². The van der Waals surface area contributed by atoms with Crippen LogP contribution in [-0.4, -0.2) is 28.4 Å². The van der Waals surface area contributed by atoms with E-state index in [0.717, 1.165) is 25.3 Å². The number of oxazole rings is 1. The van der Waals surface area contributed by atoms with Gasteiger partial charge in [-0.3, -0.25) is 4.79 Å². The Morgan fingerprint density at radius 3 is 2.62 bits per heavy atom. The summed E-state index contributed by atoms with van der Waals surface area (Å²) in [6.45, 7) is 2.69. The summed E-state index contributed by atoms with van der Waals surface area (Å²) in [6.07, 6.45) is 1.90. The van der Waals surface area contributed by atoms with Crippen molar-refractivity contribution in [3.05, 3.63) is 47.4 Å². The molecule has 1 aliphatic carbocycles. The summed E-state index contributed by atoms with van der Waals surface area (Å²) in [4.78, 5) is 20.0. The summed E-state index contributed by atoms with van der Waals surface area (Å²) in [6, 6.07) is 2.97. The van der Waals surface area contributed by atoms with Crippen LogP contribution in [0.25, 0.3) is 0 Å². The third-order valence-corrected chi connectivity index (χ3v) is 5.58. The molecular formula is C19H19F3N4O3. The lowest BCUT2D eigenvalue weighted by Crippen LogP contribution is -2.67. The topological polar surface area (TPSA) is 103 Å². The van der Waals surface area contributed by atoms with Crippen molar-refractivity contribution in [2.45, 2.75) is 50.2 Å². The lowest BCUT2D eigenvalue weighted by Gasteiger charge is -2.54. The van der Waals surface area contributed by atoms with Gasteiger partial charge in [-0.15, -0.1) is 0 Å². The number of ether oxygens (including phenoxy) is 1. The van der Waals surface area contributed by atoms with E-state index in [4.69, 9.17) is 14.9 Å². The molecule has 0 saturated heterocycles. The predicted octanol–water partition coefficient (Wildman–Crippen LogP) is 3.49. The van der Waals surface area contributed by atoms with Crippen LogP contribution in [0.1, 0.15) is 48.1 Å². The fourth-order valence-corrected chi connectivity index (χ4v) is 3.80. The Balaban J connectivity index is 1.73. The van der Waals surface area contributed by atoms with Crippen molar-refractivity contribution in [1.29, 1.82) is 0 Å². The van der Waals surface area contributed by atoms with Gasteiger partial charge in [0.25, 0.3) is 11.9 Å². The first-order chi connectivity index (χ1) is 13.6. The molecule has 3 N–H and O–H groups in total. The van der Waals surface area contributed by atoms with Crippen molar-refractivity contribution >= 4 is 17.6 Å². The highest BCUT2D eigenvalue weighted by molar-refractivity contribution is 6.02. The first kappa shape index (κ1) is 19.3. The zero-order valence-corrected chi connectivity index (χ0v) is 15.8. The van der Waals surface area contributed by atoms with Gasteiger partial charge >= 0.3 is 5.92 Å². The number of carbonyl (C=O) groups excluding carboxylic acids is 1. The van der Waals surface area contributed by atoms with Gasteiger partial charge in [0.1, 0.15) is 12.1 Å². The molecule has 2 aromatic rings. The van der Waals surface area contributed by atoms with Crippen LogP contribution >= 0.6 is 0 Å². The van der Waals surface area contributed by atoms with E-state index in [1.165, 1.54) is 6.07 Å². The highest BCUT2D eigenvalue weighted by Gasteiger charge is 2.71. The molecule has 1 atom stereocenters. The van der Waals surface area contributed by atoms with E-state index in [9.17, 15) is 9.18 Å². The van der Waals surface area contributed by atoms with Gasteiger partial charge in [0.15, 0.2) is 22.7 Å². The monoisotopic (exact) mass is 408 g/mol. The Kier molecular flexibility index (Phi) is 4.14. The van der Waals surface area contributed by atoms with Gasteiger partial charge in [0.2, 0.25) is 0 Å². The van der Waals surface area contributed by atoms with Crippen LogP contribution in [0, 0.1) is 12.7 Å². The van der Waals surface area contributed by atoms with E-state index in [1.807, 2.05) is 0 Å². The molecular weight excluding hydrogens is 389 g/mol. The number of benzene rings is 1. The van der Waals surface area contributed by atoms with E-state index >= 15 is 8.78 Å². The van der Waals surface area contributed by atoms with Gasteiger partial charge in [0.05, 0.1) is 0 Å². The maximum absolute atomic E-state index is 15.5. The van der Waals surface area contributed by atoms with Crippen molar-refractivity contribution in [3.63, 3.8) is 0 Å². The van der Waals surface area contributed by atoms with Crippen LogP contribution in [-0.2, 0) is 10.3 Å². The number of halogens is 3. The van der Waals surface area contributed by atoms with Crippen molar-refractivity contribution in [2.24, 2.45) is 10.7 Å². The maximum Gasteiger partial charge on any atom is 0.315 e. The van der Waals surface area contributed by atoms with Gasteiger partial charge in [-0.1, -0.05) is 0 Å². The highest BCUT2D eigenvalue weighted by Crippen LogP contribution is 2.58. The standard InChI is InChI=1S/C19H19F3N4O3/c1-10-24-14(9-28-10)15(27)25-11-4-5-13(20)12(8-11)17(2)19(21,22)18(6-3-7-18)29-16(23)26-17/h4-5,8-9H,3,6-7H2,1-2H3,(H2,23,26)(H,25,27). The summed E-state index contributed by atoms with van der Waals surface area (Å²) < 4.78 is 55.8. The molecule has 4 rings (SSSR count). The molecule has 10 heteroatoms. The van der Waals surface area contributed by atoms with Crippen LogP contribution in [0.15, 0.2) is 33.9 Å². The summed E-state index contributed by atoms with van der Waals surface area (Å²) >= 11 is 0.